The standard InChI is InChI=1S/C27H33N5O5/c1-17-13-23(34)31-32-25(17)19-9-11-21(12-10-19)36-15-24(35)29-16-27(3,4)30-26(18(2)33)37-22-8-6-5-7-20(22)14-28/h5-12,17-18,26,30,33H,13,15-16H2,1-4H3,(H,29,35)(H,31,34)/t17-,18-,26?/m1/s1. The maximum absolute atomic E-state index is 12.4. The molecule has 1 aliphatic rings. The number of carbonyl (C=O) groups excluding carboxylic acids is 2. The van der Waals surface area contributed by atoms with E-state index in [2.05, 4.69) is 27.2 Å². The molecule has 1 heterocycles. The fourth-order valence-electron chi connectivity index (χ4n) is 3.73. The average Bonchev–Trinajstić information content (AvgIpc) is 2.86. The van der Waals surface area contributed by atoms with Crippen molar-refractivity contribution in [1.82, 2.24) is 16.1 Å². The third kappa shape index (κ3) is 8.03. The number of carbonyl (C=O) groups is 2. The molecule has 3 rings (SSSR count). The summed E-state index contributed by atoms with van der Waals surface area (Å²) < 4.78 is 11.5. The van der Waals surface area contributed by atoms with Crippen molar-refractivity contribution in [3.8, 4) is 17.6 Å². The summed E-state index contributed by atoms with van der Waals surface area (Å²) >= 11 is 0. The Hall–Kier alpha value is -3.94. The van der Waals surface area contributed by atoms with Gasteiger partial charge in [-0.2, -0.15) is 10.4 Å². The number of para-hydroxylation sites is 1. The van der Waals surface area contributed by atoms with Crippen molar-refractivity contribution in [1.29, 1.82) is 5.26 Å². The Labute approximate surface area is 216 Å². The number of nitriles is 1. The first-order valence-electron chi connectivity index (χ1n) is 12.1. The van der Waals surface area contributed by atoms with E-state index in [0.717, 1.165) is 11.3 Å². The van der Waals surface area contributed by atoms with Gasteiger partial charge >= 0.3 is 0 Å². The molecule has 0 fully saturated rings. The van der Waals surface area contributed by atoms with Gasteiger partial charge in [-0.25, -0.2) is 5.43 Å². The topological polar surface area (TPSA) is 145 Å². The highest BCUT2D eigenvalue weighted by atomic mass is 16.5. The van der Waals surface area contributed by atoms with Crippen molar-refractivity contribution in [2.45, 2.75) is 52.0 Å². The second-order valence-electron chi connectivity index (χ2n) is 9.64. The third-order valence-corrected chi connectivity index (χ3v) is 5.74. The van der Waals surface area contributed by atoms with Gasteiger partial charge in [-0.05, 0) is 62.7 Å². The van der Waals surface area contributed by atoms with Gasteiger partial charge in [0, 0.05) is 24.4 Å². The second kappa shape index (κ2) is 12.3. The number of ether oxygens (including phenoxy) is 2. The average molecular weight is 508 g/mol. The van der Waals surface area contributed by atoms with E-state index >= 15 is 0 Å². The molecule has 4 N–H and O–H groups in total. The number of aliphatic hydroxyl groups excluding tert-OH is 1. The fourth-order valence-corrected chi connectivity index (χ4v) is 3.73. The van der Waals surface area contributed by atoms with E-state index in [1.807, 2.05) is 32.9 Å². The number of benzene rings is 2. The Bertz CT molecular complexity index is 1170. The van der Waals surface area contributed by atoms with Gasteiger partial charge in [0.15, 0.2) is 12.8 Å². The lowest BCUT2D eigenvalue weighted by Gasteiger charge is -2.33. The number of hydrogen-bond donors (Lipinski definition) is 4. The number of nitrogens with one attached hydrogen (secondary N) is 3. The first-order chi connectivity index (χ1) is 17.6. The maximum atomic E-state index is 12.4. The lowest BCUT2D eigenvalue weighted by molar-refractivity contribution is -0.123. The van der Waals surface area contributed by atoms with Crippen LogP contribution in [0.25, 0.3) is 0 Å². The smallest absolute Gasteiger partial charge is 0.258 e. The number of hydrogen-bond acceptors (Lipinski definition) is 8. The summed E-state index contributed by atoms with van der Waals surface area (Å²) in [5, 5.41) is 29.7. The molecule has 2 amide bonds. The quantitative estimate of drug-likeness (QED) is 0.341. The number of rotatable bonds is 11. The van der Waals surface area contributed by atoms with E-state index in [4.69, 9.17) is 9.47 Å². The summed E-state index contributed by atoms with van der Waals surface area (Å²) in [5.41, 5.74) is 3.90. The molecule has 0 saturated carbocycles. The van der Waals surface area contributed by atoms with Crippen molar-refractivity contribution in [2.24, 2.45) is 11.0 Å². The Morgan fingerprint density at radius 1 is 1.27 bits per heavy atom. The van der Waals surface area contributed by atoms with Crippen LogP contribution in [0.15, 0.2) is 53.6 Å². The summed E-state index contributed by atoms with van der Waals surface area (Å²) in [6.07, 6.45) is -1.30. The van der Waals surface area contributed by atoms with Crippen LogP contribution in [-0.2, 0) is 9.59 Å². The highest BCUT2D eigenvalue weighted by Gasteiger charge is 2.28. The molecule has 0 saturated heterocycles. The lowest BCUT2D eigenvalue weighted by Crippen LogP contribution is -2.58. The van der Waals surface area contributed by atoms with Gasteiger partial charge in [-0.15, -0.1) is 0 Å². The second-order valence-corrected chi connectivity index (χ2v) is 9.64. The van der Waals surface area contributed by atoms with Crippen LogP contribution in [0.5, 0.6) is 11.5 Å². The van der Waals surface area contributed by atoms with Crippen LogP contribution in [-0.4, -0.2) is 53.7 Å². The molecule has 1 unspecified atom stereocenters. The van der Waals surface area contributed by atoms with Crippen LogP contribution in [0.3, 0.4) is 0 Å². The molecule has 1 aliphatic heterocycles. The van der Waals surface area contributed by atoms with Crippen LogP contribution in [0.4, 0.5) is 0 Å². The number of amides is 2. The fraction of sp³-hybridized carbons (Fsp3) is 0.407. The molecule has 2 aromatic rings. The van der Waals surface area contributed by atoms with Crippen LogP contribution in [0, 0.1) is 17.2 Å². The predicted molar refractivity (Wildman–Crippen MR) is 138 cm³/mol. The molecule has 2 aromatic carbocycles. The third-order valence-electron chi connectivity index (χ3n) is 5.74. The van der Waals surface area contributed by atoms with Gasteiger partial charge in [-0.1, -0.05) is 19.1 Å². The Kier molecular flexibility index (Phi) is 9.22. The zero-order chi connectivity index (χ0) is 27.0. The van der Waals surface area contributed by atoms with Crippen LogP contribution in [0.2, 0.25) is 0 Å². The van der Waals surface area contributed by atoms with Crippen LogP contribution < -0.4 is 25.5 Å². The molecule has 196 valence electrons. The van der Waals surface area contributed by atoms with E-state index in [0.29, 0.717) is 23.5 Å². The van der Waals surface area contributed by atoms with E-state index in [1.54, 1.807) is 43.3 Å². The molecule has 0 spiro atoms. The summed E-state index contributed by atoms with van der Waals surface area (Å²) in [4.78, 5) is 23.8. The van der Waals surface area contributed by atoms with Gasteiger partial charge in [0.1, 0.15) is 23.7 Å². The molecule has 0 aromatic heterocycles. The zero-order valence-electron chi connectivity index (χ0n) is 21.4. The molecule has 0 aliphatic carbocycles. The largest absolute Gasteiger partial charge is 0.484 e. The molecule has 10 heteroatoms. The summed E-state index contributed by atoms with van der Waals surface area (Å²) in [6.45, 7) is 7.32. The van der Waals surface area contributed by atoms with Crippen molar-refractivity contribution >= 4 is 17.5 Å². The minimum absolute atomic E-state index is 0.0168. The van der Waals surface area contributed by atoms with Gasteiger partial charge in [-0.3, -0.25) is 14.9 Å². The monoisotopic (exact) mass is 507 g/mol. The maximum Gasteiger partial charge on any atom is 0.258 e. The van der Waals surface area contributed by atoms with Crippen LogP contribution in [0.1, 0.15) is 45.2 Å². The summed E-state index contributed by atoms with van der Waals surface area (Å²) in [6, 6.07) is 16.0. The summed E-state index contributed by atoms with van der Waals surface area (Å²) in [7, 11) is 0. The minimum Gasteiger partial charge on any atom is -0.484 e. The van der Waals surface area contributed by atoms with Crippen molar-refractivity contribution in [3.63, 3.8) is 0 Å². The highest BCUT2D eigenvalue weighted by molar-refractivity contribution is 6.05. The molecule has 10 nitrogen and oxygen atoms in total. The van der Waals surface area contributed by atoms with Gasteiger partial charge < -0.3 is 19.9 Å². The van der Waals surface area contributed by atoms with Crippen molar-refractivity contribution in [3.05, 3.63) is 59.7 Å². The highest BCUT2D eigenvalue weighted by Crippen LogP contribution is 2.21. The molecule has 3 atom stereocenters. The predicted octanol–water partition coefficient (Wildman–Crippen LogP) is 2.07. The van der Waals surface area contributed by atoms with Gasteiger partial charge in [0.05, 0.1) is 11.3 Å². The van der Waals surface area contributed by atoms with Gasteiger partial charge in [0.25, 0.3) is 5.91 Å². The van der Waals surface area contributed by atoms with E-state index in [-0.39, 0.29) is 30.9 Å². The molecule has 0 radical (unpaired) electrons. The Morgan fingerprint density at radius 2 is 1.97 bits per heavy atom. The number of aliphatic hydroxyl groups is 1. The Morgan fingerprint density at radius 3 is 2.62 bits per heavy atom. The Balaban J connectivity index is 1.49. The SMILES string of the molecule is C[C@@H]1CC(=O)NN=C1c1ccc(OCC(=O)NCC(C)(C)NC(Oc2ccccc2C#N)[C@@H](C)O)cc1. The first-order valence-corrected chi connectivity index (χ1v) is 12.1. The molecular formula is C27H33N5O5. The number of hydrazone groups is 1. The van der Waals surface area contributed by atoms with Crippen molar-refractivity contribution < 1.29 is 24.2 Å². The summed E-state index contributed by atoms with van der Waals surface area (Å²) in [5.74, 6) is 0.499. The van der Waals surface area contributed by atoms with E-state index < -0.39 is 17.9 Å². The van der Waals surface area contributed by atoms with Gasteiger partial charge in [0.2, 0.25) is 5.91 Å². The normalized spacial score (nSPS) is 17.0. The van der Waals surface area contributed by atoms with E-state index in [9.17, 15) is 20.0 Å². The zero-order valence-corrected chi connectivity index (χ0v) is 21.4. The minimum atomic E-state index is -0.883. The van der Waals surface area contributed by atoms with Crippen LogP contribution >= 0.6 is 0 Å². The van der Waals surface area contributed by atoms with E-state index in [1.165, 1.54) is 0 Å². The molecular weight excluding hydrogens is 474 g/mol. The molecule has 0 bridgehead atoms. The first kappa shape index (κ1) is 27.6. The van der Waals surface area contributed by atoms with Crippen molar-refractivity contribution in [2.75, 3.05) is 13.2 Å². The molecule has 37 heavy (non-hydrogen) atoms. The lowest BCUT2D eigenvalue weighted by atomic mass is 9.94. The number of nitrogens with zero attached hydrogens (tertiary/aromatic N) is 2.